The van der Waals surface area contributed by atoms with Crippen molar-refractivity contribution in [3.8, 4) is 5.75 Å². The Morgan fingerprint density at radius 1 is 1.50 bits per heavy atom. The Morgan fingerprint density at radius 3 is 2.68 bits per heavy atom. The van der Waals surface area contributed by atoms with Gasteiger partial charge in [-0.1, -0.05) is 0 Å². The highest BCUT2D eigenvalue weighted by atomic mass is 79.9. The van der Waals surface area contributed by atoms with Crippen LogP contribution in [0.5, 0.6) is 5.75 Å². The molecule has 0 spiro atoms. The van der Waals surface area contributed by atoms with Crippen LogP contribution in [-0.4, -0.2) is 28.3 Å². The van der Waals surface area contributed by atoms with Crippen molar-refractivity contribution < 1.29 is 14.6 Å². The number of hydrogen-bond acceptors (Lipinski definition) is 4. The first-order chi connectivity index (χ1) is 10.4. The first-order valence-electron chi connectivity index (χ1n) is 7.35. The molecule has 7 heteroatoms. The van der Waals surface area contributed by atoms with E-state index in [0.717, 1.165) is 30.2 Å². The molecule has 122 valence electrons. The van der Waals surface area contributed by atoms with E-state index in [-0.39, 0.29) is 24.2 Å². The molecule has 2 rings (SSSR count). The fourth-order valence-corrected chi connectivity index (χ4v) is 3.45. The number of aliphatic hydroxyl groups is 1. The van der Waals surface area contributed by atoms with Crippen LogP contribution in [0.3, 0.4) is 0 Å². The van der Waals surface area contributed by atoms with E-state index in [1.807, 2.05) is 0 Å². The zero-order valence-electron chi connectivity index (χ0n) is 12.5. The summed E-state index contributed by atoms with van der Waals surface area (Å²) in [5.74, 6) is -0.271. The fourth-order valence-electron chi connectivity index (χ4n) is 2.93. The number of halogens is 1. The van der Waals surface area contributed by atoms with Crippen LogP contribution < -0.4 is 16.0 Å². The maximum absolute atomic E-state index is 11.7. The van der Waals surface area contributed by atoms with Gasteiger partial charge in [-0.25, -0.2) is 0 Å². The number of rotatable bonds is 5. The number of nitrogens with zero attached hydrogens (tertiary/aromatic N) is 1. The lowest BCUT2D eigenvalue weighted by molar-refractivity contribution is -0.125. The van der Waals surface area contributed by atoms with Crippen molar-refractivity contribution in [3.63, 3.8) is 0 Å². The summed E-state index contributed by atoms with van der Waals surface area (Å²) in [7, 11) is 1.68. The largest absolute Gasteiger partial charge is 0.489 e. The lowest BCUT2D eigenvalue weighted by atomic mass is 9.79. The number of aromatic nitrogens is 1. The SMILES string of the molecule is Cn1cc(Br)c(OC2CCC(C(CO)C(N)=O)CC2)cc1=O. The molecule has 1 saturated carbocycles. The average Bonchev–Trinajstić information content (AvgIpc) is 2.47. The lowest BCUT2D eigenvalue weighted by Gasteiger charge is -2.32. The number of pyridine rings is 1. The second kappa shape index (κ2) is 7.28. The van der Waals surface area contributed by atoms with Crippen LogP contribution in [-0.2, 0) is 11.8 Å². The maximum atomic E-state index is 11.7. The molecule has 6 nitrogen and oxygen atoms in total. The monoisotopic (exact) mass is 372 g/mol. The molecule has 1 aliphatic rings. The van der Waals surface area contributed by atoms with Gasteiger partial charge in [-0.3, -0.25) is 9.59 Å². The number of hydrogen-bond donors (Lipinski definition) is 2. The first-order valence-corrected chi connectivity index (χ1v) is 8.14. The molecule has 22 heavy (non-hydrogen) atoms. The van der Waals surface area contributed by atoms with E-state index in [1.165, 1.54) is 10.6 Å². The van der Waals surface area contributed by atoms with Crippen molar-refractivity contribution in [2.75, 3.05) is 6.61 Å². The third-order valence-electron chi connectivity index (χ3n) is 4.29. The van der Waals surface area contributed by atoms with E-state index >= 15 is 0 Å². The summed E-state index contributed by atoms with van der Waals surface area (Å²) in [4.78, 5) is 23.0. The minimum atomic E-state index is -0.475. The Hall–Kier alpha value is -1.34. The lowest BCUT2D eigenvalue weighted by Crippen LogP contribution is -2.36. The molecule has 3 N–H and O–H groups in total. The van der Waals surface area contributed by atoms with Gasteiger partial charge in [0.15, 0.2) is 0 Å². The summed E-state index contributed by atoms with van der Waals surface area (Å²) in [6.07, 6.45) is 4.79. The molecular formula is C15H21BrN2O4. The molecule has 1 unspecified atom stereocenters. The molecular weight excluding hydrogens is 352 g/mol. The van der Waals surface area contributed by atoms with Gasteiger partial charge in [0.05, 0.1) is 23.1 Å². The Morgan fingerprint density at radius 2 is 2.14 bits per heavy atom. The van der Waals surface area contributed by atoms with Crippen LogP contribution in [0.25, 0.3) is 0 Å². The van der Waals surface area contributed by atoms with Crippen molar-refractivity contribution in [1.82, 2.24) is 4.57 Å². The third kappa shape index (κ3) is 3.89. The molecule has 0 saturated heterocycles. The van der Waals surface area contributed by atoms with Crippen molar-refractivity contribution in [2.45, 2.75) is 31.8 Å². The quantitative estimate of drug-likeness (QED) is 0.811. The van der Waals surface area contributed by atoms with Crippen LogP contribution in [0.15, 0.2) is 21.5 Å². The van der Waals surface area contributed by atoms with E-state index in [2.05, 4.69) is 15.9 Å². The highest BCUT2D eigenvalue weighted by molar-refractivity contribution is 9.10. The molecule has 1 aromatic heterocycles. The molecule has 0 bridgehead atoms. The molecule has 0 aromatic carbocycles. The van der Waals surface area contributed by atoms with Gasteiger partial charge in [-0.2, -0.15) is 0 Å². The molecule has 0 aliphatic heterocycles. The Kier molecular flexibility index (Phi) is 5.63. The molecule has 1 aromatic rings. The fraction of sp³-hybridized carbons (Fsp3) is 0.600. The number of nitrogens with two attached hydrogens (primary N) is 1. The molecule has 1 atom stereocenters. The van der Waals surface area contributed by atoms with Crippen molar-refractivity contribution in [1.29, 1.82) is 0 Å². The molecule has 0 radical (unpaired) electrons. The van der Waals surface area contributed by atoms with Gasteiger partial charge in [0.25, 0.3) is 5.56 Å². The van der Waals surface area contributed by atoms with Crippen LogP contribution in [0.2, 0.25) is 0 Å². The highest BCUT2D eigenvalue weighted by Gasteiger charge is 2.31. The predicted octanol–water partition coefficient (Wildman–Crippen LogP) is 1.18. The summed E-state index contributed by atoms with van der Waals surface area (Å²) >= 11 is 3.39. The predicted molar refractivity (Wildman–Crippen MR) is 85.5 cm³/mol. The number of ether oxygens (including phenoxy) is 1. The molecule has 1 fully saturated rings. The second-order valence-electron chi connectivity index (χ2n) is 5.78. The van der Waals surface area contributed by atoms with Gasteiger partial charge < -0.3 is 20.1 Å². The van der Waals surface area contributed by atoms with E-state index in [9.17, 15) is 14.7 Å². The summed E-state index contributed by atoms with van der Waals surface area (Å²) in [5.41, 5.74) is 5.19. The second-order valence-corrected chi connectivity index (χ2v) is 6.64. The zero-order valence-corrected chi connectivity index (χ0v) is 14.1. The Labute approximate surface area is 137 Å². The third-order valence-corrected chi connectivity index (χ3v) is 4.88. The summed E-state index contributed by atoms with van der Waals surface area (Å²) < 4.78 is 8.12. The number of aryl methyl sites for hydroxylation is 1. The number of carbonyl (C=O) groups excluding carboxylic acids is 1. The van der Waals surface area contributed by atoms with Crippen LogP contribution in [0.1, 0.15) is 25.7 Å². The van der Waals surface area contributed by atoms with E-state index in [4.69, 9.17) is 10.5 Å². The van der Waals surface area contributed by atoms with Gasteiger partial charge in [0, 0.05) is 19.3 Å². The van der Waals surface area contributed by atoms with E-state index < -0.39 is 11.8 Å². The van der Waals surface area contributed by atoms with E-state index in [0.29, 0.717) is 5.75 Å². The zero-order chi connectivity index (χ0) is 16.3. The van der Waals surface area contributed by atoms with Gasteiger partial charge in [0.1, 0.15) is 5.75 Å². The number of aliphatic hydroxyl groups excluding tert-OH is 1. The van der Waals surface area contributed by atoms with Crippen LogP contribution in [0.4, 0.5) is 0 Å². The topological polar surface area (TPSA) is 94.5 Å². The summed E-state index contributed by atoms with van der Waals surface area (Å²) in [6.45, 7) is -0.203. The standard InChI is InChI=1S/C15H21BrN2O4/c1-18-7-12(16)13(6-14(18)20)22-10-4-2-9(3-5-10)11(8-19)15(17)21/h6-7,9-11,19H,2-5,8H2,1H3,(H2,17,21). The van der Waals surface area contributed by atoms with Crippen molar-refractivity contribution in [2.24, 2.45) is 24.6 Å². The maximum Gasteiger partial charge on any atom is 0.254 e. The minimum Gasteiger partial charge on any atom is -0.489 e. The highest BCUT2D eigenvalue weighted by Crippen LogP contribution is 2.33. The normalized spacial score (nSPS) is 23.0. The van der Waals surface area contributed by atoms with Crippen LogP contribution in [0, 0.1) is 11.8 Å². The van der Waals surface area contributed by atoms with Gasteiger partial charge in [-0.15, -0.1) is 0 Å². The van der Waals surface area contributed by atoms with Crippen molar-refractivity contribution in [3.05, 3.63) is 27.1 Å². The average molecular weight is 373 g/mol. The van der Waals surface area contributed by atoms with Gasteiger partial charge >= 0.3 is 0 Å². The van der Waals surface area contributed by atoms with Crippen molar-refractivity contribution >= 4 is 21.8 Å². The first kappa shape index (κ1) is 17.0. The Bertz CT molecular complexity index is 594. The smallest absolute Gasteiger partial charge is 0.254 e. The molecule has 1 aliphatic carbocycles. The number of primary amides is 1. The number of carbonyl (C=O) groups is 1. The minimum absolute atomic E-state index is 0.00637. The van der Waals surface area contributed by atoms with E-state index in [1.54, 1.807) is 13.2 Å². The molecule has 1 amide bonds. The summed E-state index contributed by atoms with van der Waals surface area (Å²) in [5, 5.41) is 9.27. The van der Waals surface area contributed by atoms with Gasteiger partial charge in [0.2, 0.25) is 5.91 Å². The summed E-state index contributed by atoms with van der Waals surface area (Å²) in [6, 6.07) is 1.47. The molecule has 1 heterocycles. The van der Waals surface area contributed by atoms with Crippen LogP contribution >= 0.6 is 15.9 Å². The van der Waals surface area contributed by atoms with Gasteiger partial charge in [-0.05, 0) is 47.5 Å². The number of amides is 1. The Balaban J connectivity index is 1.97.